The topological polar surface area (TPSA) is 151 Å². The highest BCUT2D eigenvalue weighted by Gasteiger charge is 2.27. The van der Waals surface area contributed by atoms with Gasteiger partial charge in [0.05, 0.1) is 27.7 Å². The zero-order valence-corrected chi connectivity index (χ0v) is 16.4. The van der Waals surface area contributed by atoms with Crippen LogP contribution in [-0.4, -0.2) is 34.4 Å². The van der Waals surface area contributed by atoms with Gasteiger partial charge < -0.3 is 14.8 Å². The van der Waals surface area contributed by atoms with E-state index in [0.717, 1.165) is 12.1 Å². The van der Waals surface area contributed by atoms with E-state index in [0.29, 0.717) is 18.0 Å². The highest BCUT2D eigenvalue weighted by molar-refractivity contribution is 5.98. The Hall–Kier alpha value is -4.02. The predicted octanol–water partition coefficient (Wildman–Crippen LogP) is 3.39. The third-order valence-corrected chi connectivity index (χ3v) is 4.08. The van der Waals surface area contributed by atoms with Gasteiger partial charge in [-0.25, -0.2) is 4.79 Å². The Morgan fingerprint density at radius 2 is 1.67 bits per heavy atom. The summed E-state index contributed by atoms with van der Waals surface area (Å²) in [6.07, 6.45) is -1.29. The number of hydrogen-bond acceptors (Lipinski definition) is 8. The second kappa shape index (κ2) is 9.45. The van der Waals surface area contributed by atoms with Crippen LogP contribution < -0.4 is 10.1 Å². The molecule has 0 heterocycles. The lowest BCUT2D eigenvalue weighted by Crippen LogP contribution is -2.30. The first-order chi connectivity index (χ1) is 14.1. The van der Waals surface area contributed by atoms with Crippen molar-refractivity contribution in [2.24, 2.45) is 0 Å². The first-order valence-electron chi connectivity index (χ1n) is 8.82. The SMILES string of the molecule is CCOc1ccccc1NC(=O)C(C)OC(=O)c1cc([N+](=O)[O-])c(C)c([N+](=O)[O-])c1. The maximum absolute atomic E-state index is 12.4. The van der Waals surface area contributed by atoms with Crippen molar-refractivity contribution in [1.29, 1.82) is 0 Å². The molecular weight excluding hydrogens is 398 g/mol. The van der Waals surface area contributed by atoms with Gasteiger partial charge in [-0.1, -0.05) is 12.1 Å². The van der Waals surface area contributed by atoms with E-state index in [1.165, 1.54) is 13.8 Å². The number of carbonyl (C=O) groups is 2. The number of carbonyl (C=O) groups excluding carboxylic acids is 2. The molecule has 0 bridgehead atoms. The number of benzene rings is 2. The molecule has 0 saturated heterocycles. The molecule has 11 nitrogen and oxygen atoms in total. The van der Waals surface area contributed by atoms with E-state index in [1.807, 2.05) is 0 Å². The van der Waals surface area contributed by atoms with Crippen LogP contribution in [0.15, 0.2) is 36.4 Å². The van der Waals surface area contributed by atoms with Gasteiger partial charge in [0, 0.05) is 12.1 Å². The fraction of sp³-hybridized carbons (Fsp3) is 0.263. The number of esters is 1. The molecule has 1 unspecified atom stereocenters. The van der Waals surface area contributed by atoms with Gasteiger partial charge in [0.25, 0.3) is 17.3 Å². The normalized spacial score (nSPS) is 11.3. The van der Waals surface area contributed by atoms with Crippen molar-refractivity contribution in [3.63, 3.8) is 0 Å². The van der Waals surface area contributed by atoms with Crippen molar-refractivity contribution in [2.45, 2.75) is 26.9 Å². The summed E-state index contributed by atoms with van der Waals surface area (Å²) in [6.45, 7) is 4.66. The number of para-hydroxylation sites is 2. The van der Waals surface area contributed by atoms with Crippen molar-refractivity contribution in [3.8, 4) is 5.75 Å². The molecule has 2 aromatic rings. The number of hydrogen-bond donors (Lipinski definition) is 1. The van der Waals surface area contributed by atoms with E-state index in [-0.39, 0.29) is 5.56 Å². The highest BCUT2D eigenvalue weighted by Crippen LogP contribution is 2.30. The molecular formula is C19H19N3O8. The van der Waals surface area contributed by atoms with Gasteiger partial charge in [0.1, 0.15) is 11.3 Å². The molecule has 0 aliphatic carbocycles. The Bertz CT molecular complexity index is 970. The summed E-state index contributed by atoms with van der Waals surface area (Å²) in [6, 6.07) is 8.41. The molecule has 0 fully saturated rings. The predicted molar refractivity (Wildman–Crippen MR) is 106 cm³/mol. The number of anilines is 1. The van der Waals surface area contributed by atoms with Gasteiger partial charge in [-0.05, 0) is 32.9 Å². The zero-order chi connectivity index (χ0) is 22.4. The van der Waals surface area contributed by atoms with Crippen LogP contribution in [-0.2, 0) is 9.53 Å². The van der Waals surface area contributed by atoms with E-state index in [1.54, 1.807) is 31.2 Å². The minimum Gasteiger partial charge on any atom is -0.492 e. The third kappa shape index (κ3) is 5.07. The fourth-order valence-corrected chi connectivity index (χ4v) is 2.55. The van der Waals surface area contributed by atoms with Crippen molar-refractivity contribution >= 4 is 28.9 Å². The number of ether oxygens (including phenoxy) is 2. The van der Waals surface area contributed by atoms with E-state index in [9.17, 15) is 29.8 Å². The monoisotopic (exact) mass is 417 g/mol. The largest absolute Gasteiger partial charge is 0.492 e. The van der Waals surface area contributed by atoms with Crippen LogP contribution >= 0.6 is 0 Å². The number of amides is 1. The summed E-state index contributed by atoms with van der Waals surface area (Å²) in [4.78, 5) is 45.4. The van der Waals surface area contributed by atoms with Crippen LogP contribution in [0.1, 0.15) is 29.8 Å². The third-order valence-electron chi connectivity index (χ3n) is 4.08. The smallest absolute Gasteiger partial charge is 0.339 e. The summed E-state index contributed by atoms with van der Waals surface area (Å²) in [5.74, 6) is -1.36. The maximum atomic E-state index is 12.4. The number of nitrogens with zero attached hydrogens (tertiary/aromatic N) is 2. The molecule has 0 spiro atoms. The van der Waals surface area contributed by atoms with Crippen LogP contribution in [0.4, 0.5) is 17.1 Å². The van der Waals surface area contributed by atoms with Crippen LogP contribution in [0.2, 0.25) is 0 Å². The minimum atomic E-state index is -1.29. The van der Waals surface area contributed by atoms with Gasteiger partial charge in [-0.2, -0.15) is 0 Å². The van der Waals surface area contributed by atoms with Gasteiger partial charge in [-0.15, -0.1) is 0 Å². The van der Waals surface area contributed by atoms with Crippen LogP contribution in [0, 0.1) is 27.2 Å². The molecule has 0 saturated carbocycles. The molecule has 30 heavy (non-hydrogen) atoms. The lowest BCUT2D eigenvalue weighted by molar-refractivity contribution is -0.395. The van der Waals surface area contributed by atoms with Crippen LogP contribution in [0.3, 0.4) is 0 Å². The van der Waals surface area contributed by atoms with E-state index < -0.39 is 44.8 Å². The van der Waals surface area contributed by atoms with E-state index >= 15 is 0 Å². The Balaban J connectivity index is 2.20. The highest BCUT2D eigenvalue weighted by atomic mass is 16.6. The van der Waals surface area contributed by atoms with E-state index in [2.05, 4.69) is 5.32 Å². The van der Waals surface area contributed by atoms with Gasteiger partial charge in [-0.3, -0.25) is 25.0 Å². The number of nitrogens with one attached hydrogen (secondary N) is 1. The van der Waals surface area contributed by atoms with Crippen LogP contribution in [0.5, 0.6) is 5.75 Å². The van der Waals surface area contributed by atoms with Crippen molar-refractivity contribution in [3.05, 3.63) is 67.8 Å². The second-order valence-corrected chi connectivity index (χ2v) is 6.12. The molecule has 0 aromatic heterocycles. The van der Waals surface area contributed by atoms with Crippen molar-refractivity contribution in [1.82, 2.24) is 0 Å². The molecule has 0 radical (unpaired) electrons. The number of nitro groups is 2. The molecule has 1 N–H and O–H groups in total. The summed E-state index contributed by atoms with van der Waals surface area (Å²) < 4.78 is 10.4. The standard InChI is InChI=1S/C19H19N3O8/c1-4-29-17-8-6-5-7-14(17)20-18(23)12(3)30-19(24)13-9-15(21(25)26)11(2)16(10-13)22(27)28/h5-10,12H,4H2,1-3H3,(H,20,23). The molecule has 1 amide bonds. The van der Waals surface area contributed by atoms with Gasteiger partial charge in [0.15, 0.2) is 6.10 Å². The van der Waals surface area contributed by atoms with Crippen molar-refractivity contribution in [2.75, 3.05) is 11.9 Å². The lowest BCUT2D eigenvalue weighted by atomic mass is 10.1. The quantitative estimate of drug-likeness (QED) is 0.390. The van der Waals surface area contributed by atoms with Gasteiger partial charge >= 0.3 is 5.97 Å². The Kier molecular flexibility index (Phi) is 7.02. The molecule has 0 aliphatic heterocycles. The Labute approximate surface area is 170 Å². The molecule has 11 heteroatoms. The summed E-state index contributed by atoms with van der Waals surface area (Å²) in [5, 5.41) is 24.9. The van der Waals surface area contributed by atoms with Crippen molar-refractivity contribution < 1.29 is 28.9 Å². The average molecular weight is 417 g/mol. The average Bonchev–Trinajstić information content (AvgIpc) is 2.69. The molecule has 2 rings (SSSR count). The summed E-state index contributed by atoms with van der Waals surface area (Å²) in [7, 11) is 0. The fourth-order valence-electron chi connectivity index (χ4n) is 2.55. The molecule has 0 aliphatic rings. The molecule has 2 aromatic carbocycles. The molecule has 158 valence electrons. The lowest BCUT2D eigenvalue weighted by Gasteiger charge is -2.15. The maximum Gasteiger partial charge on any atom is 0.339 e. The summed E-state index contributed by atoms with van der Waals surface area (Å²) >= 11 is 0. The second-order valence-electron chi connectivity index (χ2n) is 6.12. The molecule has 1 atom stereocenters. The number of rotatable bonds is 8. The zero-order valence-electron chi connectivity index (χ0n) is 16.4. The van der Waals surface area contributed by atoms with Gasteiger partial charge in [0.2, 0.25) is 0 Å². The number of nitro benzene ring substituents is 2. The van der Waals surface area contributed by atoms with Crippen LogP contribution in [0.25, 0.3) is 0 Å². The minimum absolute atomic E-state index is 0.195. The Morgan fingerprint density at radius 3 is 2.20 bits per heavy atom. The first kappa shape index (κ1) is 22.3. The summed E-state index contributed by atoms with van der Waals surface area (Å²) in [5.41, 5.74) is -1.43. The van der Waals surface area contributed by atoms with E-state index in [4.69, 9.17) is 9.47 Å². The Morgan fingerprint density at radius 1 is 1.10 bits per heavy atom. The first-order valence-corrected chi connectivity index (χ1v) is 8.82.